The number of nitrogens with zero attached hydrogens (tertiary/aromatic N) is 1. The summed E-state index contributed by atoms with van der Waals surface area (Å²) < 4.78 is 17.3. The van der Waals surface area contributed by atoms with Crippen molar-refractivity contribution in [3.63, 3.8) is 0 Å². The van der Waals surface area contributed by atoms with Gasteiger partial charge in [0.1, 0.15) is 11.5 Å². The summed E-state index contributed by atoms with van der Waals surface area (Å²) in [6.07, 6.45) is 5.84. The van der Waals surface area contributed by atoms with Crippen molar-refractivity contribution in [1.29, 1.82) is 0 Å². The topological polar surface area (TPSA) is 66.8 Å². The SMILES string of the molecule is COC(=O)COc1cc(/C=C/Cn2cc(C)cc2C(=O)c2ccc(C)cc2)cc(OC)c1. The van der Waals surface area contributed by atoms with Gasteiger partial charge in [0.2, 0.25) is 5.78 Å². The number of benzene rings is 2. The summed E-state index contributed by atoms with van der Waals surface area (Å²) in [5.74, 6) is 0.644. The third-order valence-electron chi connectivity index (χ3n) is 4.91. The highest BCUT2D eigenvalue weighted by Gasteiger charge is 2.14. The number of carbonyl (C=O) groups is 2. The second-order valence-electron chi connectivity index (χ2n) is 7.46. The van der Waals surface area contributed by atoms with Crippen LogP contribution in [0.25, 0.3) is 6.08 Å². The second kappa shape index (κ2) is 10.5. The lowest BCUT2D eigenvalue weighted by atomic mass is 10.1. The van der Waals surface area contributed by atoms with E-state index in [4.69, 9.17) is 9.47 Å². The first-order valence-electron chi connectivity index (χ1n) is 10.2. The number of allylic oxidation sites excluding steroid dienone is 1. The van der Waals surface area contributed by atoms with E-state index in [-0.39, 0.29) is 12.4 Å². The molecule has 1 aromatic heterocycles. The van der Waals surface area contributed by atoms with Crippen LogP contribution in [0, 0.1) is 13.8 Å². The van der Waals surface area contributed by atoms with E-state index in [0.29, 0.717) is 29.3 Å². The third-order valence-corrected chi connectivity index (χ3v) is 4.91. The molecule has 2 aromatic carbocycles. The zero-order valence-electron chi connectivity index (χ0n) is 18.8. The number of ketones is 1. The molecule has 0 fully saturated rings. The minimum absolute atomic E-state index is 0.00798. The van der Waals surface area contributed by atoms with Crippen molar-refractivity contribution < 1.29 is 23.8 Å². The van der Waals surface area contributed by atoms with Gasteiger partial charge in [-0.3, -0.25) is 4.79 Å². The Morgan fingerprint density at radius 2 is 1.66 bits per heavy atom. The highest BCUT2D eigenvalue weighted by molar-refractivity contribution is 6.08. The lowest BCUT2D eigenvalue weighted by Gasteiger charge is -2.09. The Labute approximate surface area is 188 Å². The lowest BCUT2D eigenvalue weighted by Crippen LogP contribution is -2.12. The maximum Gasteiger partial charge on any atom is 0.343 e. The molecule has 6 nitrogen and oxygen atoms in total. The molecule has 1 heterocycles. The van der Waals surface area contributed by atoms with Gasteiger partial charge in [-0.15, -0.1) is 0 Å². The van der Waals surface area contributed by atoms with Crippen molar-refractivity contribution in [1.82, 2.24) is 4.57 Å². The van der Waals surface area contributed by atoms with E-state index < -0.39 is 5.97 Å². The quantitative estimate of drug-likeness (QED) is 0.364. The standard InChI is InChI=1S/C26H27NO5/c1-18-7-9-21(10-8-18)26(29)24-12-19(2)16-27(24)11-5-6-20-13-22(30-3)15-23(14-20)32-17-25(28)31-4/h5-10,12-16H,11,17H2,1-4H3/b6-5+. The Morgan fingerprint density at radius 3 is 2.34 bits per heavy atom. The van der Waals surface area contributed by atoms with Gasteiger partial charge in [-0.2, -0.15) is 0 Å². The number of esters is 1. The van der Waals surface area contributed by atoms with Gasteiger partial charge in [0.25, 0.3) is 0 Å². The van der Waals surface area contributed by atoms with E-state index in [0.717, 1.165) is 16.7 Å². The van der Waals surface area contributed by atoms with Crippen molar-refractivity contribution in [3.05, 3.63) is 88.8 Å². The number of hydrogen-bond donors (Lipinski definition) is 0. The molecule has 0 saturated heterocycles. The van der Waals surface area contributed by atoms with Crippen LogP contribution in [-0.4, -0.2) is 37.1 Å². The van der Waals surface area contributed by atoms with Crippen LogP contribution in [0.15, 0.2) is 60.8 Å². The summed E-state index contributed by atoms with van der Waals surface area (Å²) in [5, 5.41) is 0. The van der Waals surface area contributed by atoms with Crippen LogP contribution < -0.4 is 9.47 Å². The fourth-order valence-corrected chi connectivity index (χ4v) is 3.25. The van der Waals surface area contributed by atoms with Crippen molar-refractivity contribution in [3.8, 4) is 11.5 Å². The van der Waals surface area contributed by atoms with Crippen LogP contribution in [0.4, 0.5) is 0 Å². The number of ether oxygens (including phenoxy) is 3. The first kappa shape index (κ1) is 22.9. The monoisotopic (exact) mass is 433 g/mol. The molecule has 0 bridgehead atoms. The van der Waals surface area contributed by atoms with E-state index >= 15 is 0 Å². The Bertz CT molecular complexity index is 1130. The first-order chi connectivity index (χ1) is 15.4. The number of hydrogen-bond acceptors (Lipinski definition) is 5. The highest BCUT2D eigenvalue weighted by atomic mass is 16.6. The molecule has 0 radical (unpaired) electrons. The Kier molecular flexibility index (Phi) is 7.49. The maximum absolute atomic E-state index is 13.0. The van der Waals surface area contributed by atoms with Gasteiger partial charge in [-0.25, -0.2) is 4.79 Å². The van der Waals surface area contributed by atoms with Crippen LogP contribution in [0.2, 0.25) is 0 Å². The van der Waals surface area contributed by atoms with Gasteiger partial charge in [0.15, 0.2) is 6.61 Å². The summed E-state index contributed by atoms with van der Waals surface area (Å²) in [5.41, 5.74) is 4.29. The molecular weight excluding hydrogens is 406 g/mol. The Balaban J connectivity index is 1.77. The van der Waals surface area contributed by atoms with Gasteiger partial charge in [0, 0.05) is 24.4 Å². The molecule has 32 heavy (non-hydrogen) atoms. The normalized spacial score (nSPS) is 10.9. The molecule has 0 amide bonds. The van der Waals surface area contributed by atoms with Crippen LogP contribution in [0.3, 0.4) is 0 Å². The van der Waals surface area contributed by atoms with Crippen LogP contribution >= 0.6 is 0 Å². The minimum Gasteiger partial charge on any atom is -0.497 e. The molecule has 0 aliphatic rings. The fraction of sp³-hybridized carbons (Fsp3) is 0.231. The molecular formula is C26H27NO5. The molecule has 0 saturated carbocycles. The van der Waals surface area contributed by atoms with Crippen molar-refractivity contribution in [2.75, 3.05) is 20.8 Å². The lowest BCUT2D eigenvalue weighted by molar-refractivity contribution is -0.142. The average Bonchev–Trinajstić information content (AvgIpc) is 3.17. The van der Waals surface area contributed by atoms with Gasteiger partial charge < -0.3 is 18.8 Å². The summed E-state index contributed by atoms with van der Waals surface area (Å²) in [6.45, 7) is 4.31. The van der Waals surface area contributed by atoms with Gasteiger partial charge >= 0.3 is 5.97 Å². The number of rotatable bonds is 9. The molecule has 3 rings (SSSR count). The summed E-state index contributed by atoms with van der Waals surface area (Å²) >= 11 is 0. The van der Waals surface area contributed by atoms with Crippen molar-refractivity contribution >= 4 is 17.8 Å². The molecule has 3 aromatic rings. The Hall–Kier alpha value is -3.80. The number of aryl methyl sites for hydroxylation is 2. The molecule has 166 valence electrons. The van der Waals surface area contributed by atoms with E-state index in [1.54, 1.807) is 19.2 Å². The molecule has 0 spiro atoms. The maximum atomic E-state index is 13.0. The molecule has 0 N–H and O–H groups in total. The first-order valence-corrected chi connectivity index (χ1v) is 10.2. The van der Waals surface area contributed by atoms with Crippen LogP contribution in [0.1, 0.15) is 32.7 Å². The summed E-state index contributed by atoms with van der Waals surface area (Å²) in [4.78, 5) is 24.3. The predicted octanol–water partition coefficient (Wildman–Crippen LogP) is 4.61. The number of methoxy groups -OCH3 is 2. The van der Waals surface area contributed by atoms with Crippen molar-refractivity contribution in [2.45, 2.75) is 20.4 Å². The zero-order chi connectivity index (χ0) is 23.1. The third kappa shape index (κ3) is 5.88. The van der Waals surface area contributed by atoms with E-state index in [9.17, 15) is 9.59 Å². The summed E-state index contributed by atoms with van der Waals surface area (Å²) in [7, 11) is 2.88. The smallest absolute Gasteiger partial charge is 0.343 e. The molecule has 0 atom stereocenters. The average molecular weight is 434 g/mol. The van der Waals surface area contributed by atoms with Crippen LogP contribution in [0.5, 0.6) is 11.5 Å². The fourth-order valence-electron chi connectivity index (χ4n) is 3.25. The predicted molar refractivity (Wildman–Crippen MR) is 123 cm³/mol. The van der Waals surface area contributed by atoms with Gasteiger partial charge in [-0.05, 0) is 43.2 Å². The number of aromatic nitrogens is 1. The second-order valence-corrected chi connectivity index (χ2v) is 7.46. The Morgan fingerprint density at radius 1 is 0.938 bits per heavy atom. The zero-order valence-corrected chi connectivity index (χ0v) is 18.8. The van der Waals surface area contributed by atoms with E-state index in [2.05, 4.69) is 4.74 Å². The molecule has 0 aliphatic carbocycles. The largest absolute Gasteiger partial charge is 0.497 e. The van der Waals surface area contributed by atoms with Gasteiger partial charge in [-0.1, -0.05) is 42.0 Å². The van der Waals surface area contributed by atoms with Crippen molar-refractivity contribution in [2.24, 2.45) is 0 Å². The van der Waals surface area contributed by atoms with Gasteiger partial charge in [0.05, 0.1) is 19.9 Å². The number of carbonyl (C=O) groups excluding carboxylic acids is 2. The van der Waals surface area contributed by atoms with E-state index in [1.807, 2.05) is 73.2 Å². The minimum atomic E-state index is -0.460. The van der Waals surface area contributed by atoms with E-state index in [1.165, 1.54) is 7.11 Å². The highest BCUT2D eigenvalue weighted by Crippen LogP contribution is 2.24. The van der Waals surface area contributed by atoms with Crippen LogP contribution in [-0.2, 0) is 16.1 Å². The molecule has 0 unspecified atom stereocenters. The summed E-state index contributed by atoms with van der Waals surface area (Å²) in [6, 6.07) is 14.9. The molecule has 6 heteroatoms. The molecule has 0 aliphatic heterocycles.